The molecule has 0 radical (unpaired) electrons. The highest BCUT2D eigenvalue weighted by molar-refractivity contribution is 5.44. The van der Waals surface area contributed by atoms with Gasteiger partial charge in [0.05, 0.1) is 6.10 Å². The number of rotatable bonds is 4. The van der Waals surface area contributed by atoms with Crippen molar-refractivity contribution in [1.29, 1.82) is 0 Å². The molecule has 1 aromatic rings. The molecule has 2 heterocycles. The molecule has 1 atom stereocenters. The minimum absolute atomic E-state index is 0.312. The lowest BCUT2D eigenvalue weighted by Gasteiger charge is -2.22. The molecule has 17 heavy (non-hydrogen) atoms. The van der Waals surface area contributed by atoms with E-state index in [0.29, 0.717) is 12.1 Å². The smallest absolute Gasteiger partial charge is 0.221 e. The van der Waals surface area contributed by atoms with Gasteiger partial charge in [-0.3, -0.25) is 0 Å². The van der Waals surface area contributed by atoms with Gasteiger partial charge in [0, 0.05) is 24.9 Å². The van der Waals surface area contributed by atoms with Crippen LogP contribution in [0.15, 0.2) is 6.20 Å². The van der Waals surface area contributed by atoms with Crippen LogP contribution >= 0.6 is 0 Å². The number of nitrogens with two attached hydrogens (primary N) is 1. The van der Waals surface area contributed by atoms with Crippen molar-refractivity contribution in [3.63, 3.8) is 0 Å². The Bertz CT molecular complexity index is 364. The zero-order valence-corrected chi connectivity index (χ0v) is 10.3. The third-order valence-electron chi connectivity index (χ3n) is 3.02. The summed E-state index contributed by atoms with van der Waals surface area (Å²) in [5.74, 6) is 1.14. The molecule has 1 aliphatic rings. The highest BCUT2D eigenvalue weighted by Gasteiger charge is 2.13. The minimum Gasteiger partial charge on any atom is -0.378 e. The average Bonchev–Trinajstić information content (AvgIpc) is 2.35. The number of anilines is 2. The van der Waals surface area contributed by atoms with E-state index >= 15 is 0 Å². The fourth-order valence-electron chi connectivity index (χ4n) is 2.02. The van der Waals surface area contributed by atoms with Crippen LogP contribution in [0.25, 0.3) is 0 Å². The van der Waals surface area contributed by atoms with Gasteiger partial charge in [0.25, 0.3) is 0 Å². The van der Waals surface area contributed by atoms with Gasteiger partial charge in [-0.25, -0.2) is 4.98 Å². The largest absolute Gasteiger partial charge is 0.378 e. The number of aryl methyl sites for hydroxylation is 1. The van der Waals surface area contributed by atoms with Crippen LogP contribution in [0.2, 0.25) is 0 Å². The second kappa shape index (κ2) is 5.82. The van der Waals surface area contributed by atoms with Crippen molar-refractivity contribution in [3.8, 4) is 0 Å². The average molecular weight is 236 g/mol. The summed E-state index contributed by atoms with van der Waals surface area (Å²) in [5.41, 5.74) is 6.57. The number of nitrogens with zero attached hydrogens (tertiary/aromatic N) is 2. The Hall–Kier alpha value is -1.36. The Labute approximate surface area is 102 Å². The minimum atomic E-state index is 0.312. The third-order valence-corrected chi connectivity index (χ3v) is 3.02. The van der Waals surface area contributed by atoms with Crippen molar-refractivity contribution in [1.82, 2.24) is 9.97 Å². The van der Waals surface area contributed by atoms with Crippen molar-refractivity contribution < 1.29 is 4.74 Å². The Morgan fingerprint density at radius 1 is 1.53 bits per heavy atom. The van der Waals surface area contributed by atoms with Crippen LogP contribution in [-0.4, -0.2) is 29.2 Å². The SMILES string of the molecule is Cc1cnc(N)nc1NCCC1CCCCO1. The molecule has 0 saturated carbocycles. The molecule has 1 unspecified atom stereocenters. The van der Waals surface area contributed by atoms with E-state index in [9.17, 15) is 0 Å². The topological polar surface area (TPSA) is 73.1 Å². The van der Waals surface area contributed by atoms with Crippen LogP contribution in [0.1, 0.15) is 31.2 Å². The van der Waals surface area contributed by atoms with Gasteiger partial charge in [0.1, 0.15) is 5.82 Å². The van der Waals surface area contributed by atoms with E-state index < -0.39 is 0 Å². The van der Waals surface area contributed by atoms with Crippen LogP contribution in [0.5, 0.6) is 0 Å². The summed E-state index contributed by atoms with van der Waals surface area (Å²) >= 11 is 0. The van der Waals surface area contributed by atoms with Gasteiger partial charge < -0.3 is 15.8 Å². The number of nitrogen functional groups attached to an aromatic ring is 1. The summed E-state index contributed by atoms with van der Waals surface area (Å²) < 4.78 is 5.67. The van der Waals surface area contributed by atoms with Gasteiger partial charge in [-0.1, -0.05) is 0 Å². The monoisotopic (exact) mass is 236 g/mol. The van der Waals surface area contributed by atoms with E-state index in [1.807, 2.05) is 6.92 Å². The molecule has 1 aromatic heterocycles. The molecule has 94 valence electrons. The van der Waals surface area contributed by atoms with Crippen LogP contribution < -0.4 is 11.1 Å². The molecule has 5 heteroatoms. The Morgan fingerprint density at radius 2 is 2.41 bits per heavy atom. The van der Waals surface area contributed by atoms with E-state index in [-0.39, 0.29) is 0 Å². The molecule has 1 saturated heterocycles. The molecule has 3 N–H and O–H groups in total. The van der Waals surface area contributed by atoms with Crippen LogP contribution in [0.3, 0.4) is 0 Å². The summed E-state index contributed by atoms with van der Waals surface area (Å²) in [6, 6.07) is 0. The Kier molecular flexibility index (Phi) is 4.14. The van der Waals surface area contributed by atoms with E-state index in [4.69, 9.17) is 10.5 Å². The number of aromatic nitrogens is 2. The van der Waals surface area contributed by atoms with Crippen molar-refractivity contribution in [2.75, 3.05) is 24.2 Å². The summed E-state index contributed by atoms with van der Waals surface area (Å²) in [7, 11) is 0. The van der Waals surface area contributed by atoms with Gasteiger partial charge >= 0.3 is 0 Å². The van der Waals surface area contributed by atoms with E-state index in [1.54, 1.807) is 6.20 Å². The number of hydrogen-bond acceptors (Lipinski definition) is 5. The van der Waals surface area contributed by atoms with E-state index in [1.165, 1.54) is 19.3 Å². The summed E-state index contributed by atoms with van der Waals surface area (Å²) in [6.45, 7) is 3.74. The lowest BCUT2D eigenvalue weighted by atomic mass is 10.1. The first-order valence-corrected chi connectivity index (χ1v) is 6.20. The van der Waals surface area contributed by atoms with Crippen molar-refractivity contribution in [2.45, 2.75) is 38.7 Å². The van der Waals surface area contributed by atoms with Crippen molar-refractivity contribution in [2.24, 2.45) is 0 Å². The molecule has 0 bridgehead atoms. The zero-order chi connectivity index (χ0) is 12.1. The molecule has 5 nitrogen and oxygen atoms in total. The van der Waals surface area contributed by atoms with Gasteiger partial charge in [-0.2, -0.15) is 4.98 Å². The maximum absolute atomic E-state index is 5.67. The van der Waals surface area contributed by atoms with Crippen LogP contribution in [-0.2, 0) is 4.74 Å². The van der Waals surface area contributed by atoms with Crippen molar-refractivity contribution >= 4 is 11.8 Å². The van der Waals surface area contributed by atoms with Crippen LogP contribution in [0.4, 0.5) is 11.8 Å². The second-order valence-corrected chi connectivity index (χ2v) is 4.46. The predicted molar refractivity (Wildman–Crippen MR) is 67.9 cm³/mol. The maximum atomic E-state index is 5.67. The maximum Gasteiger partial charge on any atom is 0.221 e. The van der Waals surface area contributed by atoms with Gasteiger partial charge in [0.15, 0.2) is 0 Å². The Morgan fingerprint density at radius 3 is 3.18 bits per heavy atom. The predicted octanol–water partition coefficient (Wildman–Crippen LogP) is 1.74. The first kappa shape index (κ1) is 12.1. The fraction of sp³-hybridized carbons (Fsp3) is 0.667. The standard InChI is InChI=1S/C12H20N4O/c1-9-8-15-12(13)16-11(9)14-6-5-10-4-2-3-7-17-10/h8,10H,2-7H2,1H3,(H3,13,14,15,16). The molecule has 1 aliphatic heterocycles. The second-order valence-electron chi connectivity index (χ2n) is 4.46. The molecular formula is C12H20N4O. The molecule has 0 spiro atoms. The van der Waals surface area contributed by atoms with Gasteiger partial charge in [-0.15, -0.1) is 0 Å². The van der Waals surface area contributed by atoms with Crippen LogP contribution in [0, 0.1) is 6.92 Å². The highest BCUT2D eigenvalue weighted by Crippen LogP contribution is 2.16. The first-order valence-electron chi connectivity index (χ1n) is 6.20. The number of ether oxygens (including phenoxy) is 1. The first-order chi connectivity index (χ1) is 8.25. The molecule has 2 rings (SSSR count). The number of hydrogen-bond donors (Lipinski definition) is 2. The summed E-state index contributed by atoms with van der Waals surface area (Å²) in [4.78, 5) is 8.11. The third kappa shape index (κ3) is 3.56. The molecule has 0 aromatic carbocycles. The molecular weight excluding hydrogens is 216 g/mol. The van der Waals surface area contributed by atoms with Crippen molar-refractivity contribution in [3.05, 3.63) is 11.8 Å². The van der Waals surface area contributed by atoms with E-state index in [2.05, 4.69) is 15.3 Å². The van der Waals surface area contributed by atoms with E-state index in [0.717, 1.165) is 31.0 Å². The normalized spacial score (nSPS) is 20.2. The quantitative estimate of drug-likeness (QED) is 0.833. The lowest BCUT2D eigenvalue weighted by molar-refractivity contribution is 0.0134. The molecule has 0 aliphatic carbocycles. The number of nitrogens with one attached hydrogen (secondary N) is 1. The highest BCUT2D eigenvalue weighted by atomic mass is 16.5. The molecule has 1 fully saturated rings. The van der Waals surface area contributed by atoms with Gasteiger partial charge in [0.2, 0.25) is 5.95 Å². The zero-order valence-electron chi connectivity index (χ0n) is 10.3. The summed E-state index contributed by atoms with van der Waals surface area (Å²) in [5, 5.41) is 3.29. The summed E-state index contributed by atoms with van der Waals surface area (Å²) in [6.07, 6.45) is 6.81. The van der Waals surface area contributed by atoms with Gasteiger partial charge in [-0.05, 0) is 32.6 Å². The molecule has 0 amide bonds. The lowest BCUT2D eigenvalue weighted by Crippen LogP contribution is -2.22. The Balaban J connectivity index is 1.79. The fourth-order valence-corrected chi connectivity index (χ4v) is 2.02.